The number of alkyl halides is 3. The summed E-state index contributed by atoms with van der Waals surface area (Å²) in [5.41, 5.74) is -0.949. The number of fused-ring (bicyclic) bond motifs is 1. The number of halogens is 3. The first kappa shape index (κ1) is 21.7. The quantitative estimate of drug-likeness (QED) is 0.773. The Morgan fingerprint density at radius 2 is 1.94 bits per heavy atom. The molecule has 4 rings (SSSR count). The van der Waals surface area contributed by atoms with Crippen molar-refractivity contribution < 1.29 is 32.2 Å². The Kier molecular flexibility index (Phi) is 6.22. The number of carbonyl (C=O) groups is 2. The number of urea groups is 1. The molecule has 3 amide bonds. The second-order valence-electron chi connectivity index (χ2n) is 8.16. The molecule has 4 heterocycles. The molecule has 11 heteroatoms. The molecule has 170 valence electrons. The standard InChI is InChI=1S/C20H25F3N4O4/c21-20(22,23)17-2-1-14(9-24-17)30-11-13-3-6-26(7-4-13)19(29)27-8-5-16-15(10-27)25-18(28)12-31-16/h1-2,9,13,15-16H,3-8,10-12H2,(H,25,28)/t15-,16?/m0/s1. The normalized spacial score (nSPS) is 25.1. The molecule has 2 atom stereocenters. The van der Waals surface area contributed by atoms with E-state index in [0.717, 1.165) is 25.1 Å². The van der Waals surface area contributed by atoms with Crippen molar-refractivity contribution in [2.75, 3.05) is 39.4 Å². The van der Waals surface area contributed by atoms with Crippen molar-refractivity contribution in [3.63, 3.8) is 0 Å². The first-order valence-electron chi connectivity index (χ1n) is 10.4. The molecule has 1 aromatic rings. The molecule has 3 aliphatic heterocycles. The molecular weight excluding hydrogens is 417 g/mol. The lowest BCUT2D eigenvalue weighted by Gasteiger charge is -2.43. The highest BCUT2D eigenvalue weighted by Crippen LogP contribution is 2.28. The first-order chi connectivity index (χ1) is 14.8. The third-order valence-corrected chi connectivity index (χ3v) is 5.99. The molecule has 0 aliphatic carbocycles. The molecule has 1 aromatic heterocycles. The molecule has 0 radical (unpaired) electrons. The summed E-state index contributed by atoms with van der Waals surface area (Å²) in [7, 11) is 0. The number of rotatable bonds is 3. The number of pyridine rings is 1. The number of carbonyl (C=O) groups excluding carboxylic acids is 2. The largest absolute Gasteiger partial charge is 0.492 e. The van der Waals surface area contributed by atoms with Gasteiger partial charge in [-0.1, -0.05) is 0 Å². The predicted molar refractivity (Wildman–Crippen MR) is 102 cm³/mol. The van der Waals surface area contributed by atoms with E-state index in [-0.39, 0.29) is 36.6 Å². The summed E-state index contributed by atoms with van der Waals surface area (Å²) in [6, 6.07) is 1.97. The van der Waals surface area contributed by atoms with E-state index in [9.17, 15) is 22.8 Å². The fourth-order valence-corrected chi connectivity index (χ4v) is 4.21. The van der Waals surface area contributed by atoms with Gasteiger partial charge in [-0.2, -0.15) is 13.2 Å². The molecule has 31 heavy (non-hydrogen) atoms. The summed E-state index contributed by atoms with van der Waals surface area (Å²) in [6.45, 7) is 2.66. The average molecular weight is 442 g/mol. The maximum atomic E-state index is 12.9. The molecular formula is C20H25F3N4O4. The van der Waals surface area contributed by atoms with Gasteiger partial charge < -0.3 is 24.6 Å². The highest BCUT2D eigenvalue weighted by molar-refractivity contribution is 5.79. The van der Waals surface area contributed by atoms with E-state index in [0.29, 0.717) is 45.0 Å². The topological polar surface area (TPSA) is 84.0 Å². The van der Waals surface area contributed by atoms with Crippen molar-refractivity contribution in [3.05, 3.63) is 24.0 Å². The van der Waals surface area contributed by atoms with Crippen LogP contribution in [0.5, 0.6) is 5.75 Å². The van der Waals surface area contributed by atoms with E-state index < -0.39 is 11.9 Å². The second kappa shape index (κ2) is 8.89. The zero-order chi connectivity index (χ0) is 22.0. The SMILES string of the molecule is O=C1COC2CCN(C(=O)N3CCC(COc4ccc(C(F)(F)F)nc4)CC3)C[C@@H]2N1. The number of morpholine rings is 1. The highest BCUT2D eigenvalue weighted by Gasteiger charge is 2.38. The van der Waals surface area contributed by atoms with Gasteiger partial charge >= 0.3 is 12.2 Å². The number of hydrogen-bond donors (Lipinski definition) is 1. The molecule has 0 spiro atoms. The molecule has 0 bridgehead atoms. The average Bonchev–Trinajstić information content (AvgIpc) is 2.76. The number of nitrogens with one attached hydrogen (secondary N) is 1. The number of amides is 3. The fraction of sp³-hybridized carbons (Fsp3) is 0.650. The molecule has 8 nitrogen and oxygen atoms in total. The van der Waals surface area contributed by atoms with Crippen molar-refractivity contribution in [2.24, 2.45) is 5.92 Å². The summed E-state index contributed by atoms with van der Waals surface area (Å²) in [4.78, 5) is 31.4. The van der Waals surface area contributed by atoms with Crippen molar-refractivity contribution in [2.45, 2.75) is 37.6 Å². The zero-order valence-corrected chi connectivity index (χ0v) is 16.9. The van der Waals surface area contributed by atoms with Crippen LogP contribution in [0.1, 0.15) is 25.0 Å². The molecule has 3 fully saturated rings. The monoisotopic (exact) mass is 442 g/mol. The molecule has 3 aliphatic rings. The van der Waals surface area contributed by atoms with E-state index in [2.05, 4.69) is 10.3 Å². The summed E-state index contributed by atoms with van der Waals surface area (Å²) < 4.78 is 48.8. The summed E-state index contributed by atoms with van der Waals surface area (Å²) in [6.07, 6.45) is -1.23. The van der Waals surface area contributed by atoms with Crippen molar-refractivity contribution in [1.82, 2.24) is 20.1 Å². The molecule has 3 saturated heterocycles. The lowest BCUT2D eigenvalue weighted by Crippen LogP contribution is -2.62. The van der Waals surface area contributed by atoms with Gasteiger partial charge in [-0.05, 0) is 37.3 Å². The Labute approximate surface area is 177 Å². The highest BCUT2D eigenvalue weighted by atomic mass is 19.4. The van der Waals surface area contributed by atoms with Crippen LogP contribution in [0.2, 0.25) is 0 Å². The van der Waals surface area contributed by atoms with Gasteiger partial charge in [-0.15, -0.1) is 0 Å². The van der Waals surface area contributed by atoms with Crippen LogP contribution >= 0.6 is 0 Å². The third-order valence-electron chi connectivity index (χ3n) is 5.99. The van der Waals surface area contributed by atoms with Crippen LogP contribution in [-0.2, 0) is 15.7 Å². The van der Waals surface area contributed by atoms with Crippen LogP contribution in [0.15, 0.2) is 18.3 Å². The van der Waals surface area contributed by atoms with Gasteiger partial charge in [0.2, 0.25) is 5.91 Å². The lowest BCUT2D eigenvalue weighted by molar-refractivity contribution is -0.141. The van der Waals surface area contributed by atoms with E-state index in [1.165, 1.54) is 6.07 Å². The van der Waals surface area contributed by atoms with Gasteiger partial charge in [-0.3, -0.25) is 4.79 Å². The van der Waals surface area contributed by atoms with E-state index in [4.69, 9.17) is 9.47 Å². The summed E-state index contributed by atoms with van der Waals surface area (Å²) in [5, 5.41) is 2.90. The summed E-state index contributed by atoms with van der Waals surface area (Å²) >= 11 is 0. The van der Waals surface area contributed by atoms with Gasteiger partial charge in [0, 0.05) is 26.2 Å². The summed E-state index contributed by atoms with van der Waals surface area (Å²) in [5.74, 6) is 0.355. The zero-order valence-electron chi connectivity index (χ0n) is 16.9. The molecule has 1 unspecified atom stereocenters. The van der Waals surface area contributed by atoms with Crippen LogP contribution < -0.4 is 10.1 Å². The van der Waals surface area contributed by atoms with E-state index in [1.807, 2.05) is 4.90 Å². The van der Waals surface area contributed by atoms with Crippen LogP contribution in [0.3, 0.4) is 0 Å². The molecule has 0 aromatic carbocycles. The van der Waals surface area contributed by atoms with Gasteiger partial charge in [-0.25, -0.2) is 9.78 Å². The first-order valence-corrected chi connectivity index (χ1v) is 10.4. The van der Waals surface area contributed by atoms with Gasteiger partial charge in [0.1, 0.15) is 18.1 Å². The minimum Gasteiger partial charge on any atom is -0.492 e. The van der Waals surface area contributed by atoms with Crippen molar-refractivity contribution >= 4 is 11.9 Å². The number of aromatic nitrogens is 1. The third kappa shape index (κ3) is 5.20. The molecule has 0 saturated carbocycles. The number of piperidine rings is 2. The smallest absolute Gasteiger partial charge is 0.433 e. The second-order valence-corrected chi connectivity index (χ2v) is 8.16. The van der Waals surface area contributed by atoms with E-state index in [1.54, 1.807) is 4.90 Å². The van der Waals surface area contributed by atoms with Crippen molar-refractivity contribution in [1.29, 1.82) is 0 Å². The maximum absolute atomic E-state index is 12.9. The van der Waals surface area contributed by atoms with Crippen LogP contribution in [0.25, 0.3) is 0 Å². The Morgan fingerprint density at radius 1 is 1.19 bits per heavy atom. The minimum absolute atomic E-state index is 0.0374. The predicted octanol–water partition coefficient (Wildman–Crippen LogP) is 1.90. The lowest BCUT2D eigenvalue weighted by atomic mass is 9.97. The number of ether oxygens (including phenoxy) is 2. The fourth-order valence-electron chi connectivity index (χ4n) is 4.21. The number of likely N-dealkylation sites (tertiary alicyclic amines) is 2. The number of hydrogen-bond acceptors (Lipinski definition) is 5. The Bertz CT molecular complexity index is 797. The Hall–Kier alpha value is -2.56. The van der Waals surface area contributed by atoms with Crippen LogP contribution in [0.4, 0.5) is 18.0 Å². The van der Waals surface area contributed by atoms with Gasteiger partial charge in [0.05, 0.1) is 24.9 Å². The number of nitrogens with zero attached hydrogens (tertiary/aromatic N) is 3. The van der Waals surface area contributed by atoms with E-state index >= 15 is 0 Å². The Morgan fingerprint density at radius 3 is 2.61 bits per heavy atom. The van der Waals surface area contributed by atoms with Crippen LogP contribution in [0, 0.1) is 5.92 Å². The van der Waals surface area contributed by atoms with Crippen LogP contribution in [-0.4, -0.2) is 78.3 Å². The Balaban J connectivity index is 1.21. The van der Waals surface area contributed by atoms with Gasteiger partial charge in [0.15, 0.2) is 0 Å². The minimum atomic E-state index is -4.47. The maximum Gasteiger partial charge on any atom is 0.433 e. The van der Waals surface area contributed by atoms with Gasteiger partial charge in [0.25, 0.3) is 0 Å². The van der Waals surface area contributed by atoms with Crippen molar-refractivity contribution in [3.8, 4) is 5.75 Å². The molecule has 1 N–H and O–H groups in total.